The molecule has 0 saturated carbocycles. The minimum atomic E-state index is -0.462. The van der Waals surface area contributed by atoms with Crippen LogP contribution in [0.4, 0.5) is 5.69 Å². The van der Waals surface area contributed by atoms with Crippen LogP contribution in [0.2, 0.25) is 0 Å². The molecule has 0 bridgehead atoms. The zero-order valence-corrected chi connectivity index (χ0v) is 13.2. The first-order chi connectivity index (χ1) is 11.1. The predicted molar refractivity (Wildman–Crippen MR) is 85.3 cm³/mol. The van der Waals surface area contributed by atoms with Gasteiger partial charge in [-0.05, 0) is 31.9 Å². The molecule has 3 rings (SSSR count). The number of amides is 1. The quantitative estimate of drug-likeness (QED) is 0.851. The molecule has 1 aliphatic carbocycles. The van der Waals surface area contributed by atoms with E-state index in [0.717, 1.165) is 30.1 Å². The Morgan fingerprint density at radius 2 is 2.13 bits per heavy atom. The SMILES string of the molecule is COC(=O)c1ccccc1NC(=O)C1CCc2nc(C)[nH]c2C1. The highest BCUT2D eigenvalue weighted by molar-refractivity contribution is 6.01. The summed E-state index contributed by atoms with van der Waals surface area (Å²) in [6.07, 6.45) is 2.18. The van der Waals surface area contributed by atoms with Gasteiger partial charge in [-0.2, -0.15) is 0 Å². The normalized spacial score (nSPS) is 16.5. The number of aromatic amines is 1. The van der Waals surface area contributed by atoms with E-state index in [4.69, 9.17) is 4.74 Å². The van der Waals surface area contributed by atoms with Gasteiger partial charge in [-0.3, -0.25) is 4.79 Å². The van der Waals surface area contributed by atoms with Gasteiger partial charge in [-0.25, -0.2) is 9.78 Å². The van der Waals surface area contributed by atoms with Gasteiger partial charge < -0.3 is 15.0 Å². The maximum Gasteiger partial charge on any atom is 0.339 e. The third-order valence-electron chi connectivity index (χ3n) is 4.12. The number of para-hydroxylation sites is 1. The Bertz CT molecular complexity index is 751. The molecule has 0 radical (unpaired) electrons. The van der Waals surface area contributed by atoms with Gasteiger partial charge >= 0.3 is 5.97 Å². The number of nitrogens with one attached hydrogen (secondary N) is 2. The van der Waals surface area contributed by atoms with Crippen LogP contribution in [-0.4, -0.2) is 29.0 Å². The monoisotopic (exact) mass is 313 g/mol. The van der Waals surface area contributed by atoms with Crippen molar-refractivity contribution >= 4 is 17.6 Å². The first-order valence-electron chi connectivity index (χ1n) is 7.61. The molecule has 2 N–H and O–H groups in total. The van der Waals surface area contributed by atoms with Gasteiger partial charge in [0.25, 0.3) is 0 Å². The number of esters is 1. The van der Waals surface area contributed by atoms with Crippen LogP contribution in [0.3, 0.4) is 0 Å². The average molecular weight is 313 g/mol. The summed E-state index contributed by atoms with van der Waals surface area (Å²) in [6.45, 7) is 1.92. The molecule has 1 atom stereocenters. The number of methoxy groups -OCH3 is 1. The smallest absolute Gasteiger partial charge is 0.339 e. The highest BCUT2D eigenvalue weighted by Crippen LogP contribution is 2.26. The number of aryl methyl sites for hydroxylation is 2. The lowest BCUT2D eigenvalue weighted by Crippen LogP contribution is -2.29. The van der Waals surface area contributed by atoms with Crippen LogP contribution in [0.25, 0.3) is 0 Å². The van der Waals surface area contributed by atoms with Gasteiger partial charge in [0.1, 0.15) is 5.82 Å². The second-order valence-electron chi connectivity index (χ2n) is 5.71. The van der Waals surface area contributed by atoms with Crippen molar-refractivity contribution in [2.45, 2.75) is 26.2 Å². The third kappa shape index (κ3) is 3.11. The molecule has 0 spiro atoms. The number of benzene rings is 1. The first-order valence-corrected chi connectivity index (χ1v) is 7.61. The lowest BCUT2D eigenvalue weighted by atomic mass is 9.89. The maximum absolute atomic E-state index is 12.5. The number of aromatic nitrogens is 2. The fourth-order valence-corrected chi connectivity index (χ4v) is 2.96. The Balaban J connectivity index is 1.75. The van der Waals surface area contributed by atoms with E-state index in [9.17, 15) is 9.59 Å². The molecule has 2 aromatic rings. The predicted octanol–water partition coefficient (Wildman–Crippen LogP) is 2.25. The lowest BCUT2D eigenvalue weighted by Gasteiger charge is -2.21. The van der Waals surface area contributed by atoms with Crippen molar-refractivity contribution < 1.29 is 14.3 Å². The topological polar surface area (TPSA) is 84.1 Å². The average Bonchev–Trinajstić information content (AvgIpc) is 2.93. The van der Waals surface area contributed by atoms with Crippen LogP contribution in [-0.2, 0) is 22.4 Å². The zero-order valence-electron chi connectivity index (χ0n) is 13.2. The van der Waals surface area contributed by atoms with Gasteiger partial charge in [0.15, 0.2) is 0 Å². The summed E-state index contributed by atoms with van der Waals surface area (Å²) in [5.41, 5.74) is 2.94. The summed E-state index contributed by atoms with van der Waals surface area (Å²) in [4.78, 5) is 32.0. The molecular weight excluding hydrogens is 294 g/mol. The molecule has 1 amide bonds. The van der Waals surface area contributed by atoms with Gasteiger partial charge in [0.05, 0.1) is 24.1 Å². The Morgan fingerprint density at radius 1 is 1.35 bits per heavy atom. The van der Waals surface area contributed by atoms with E-state index in [1.165, 1.54) is 7.11 Å². The van der Waals surface area contributed by atoms with E-state index in [1.54, 1.807) is 24.3 Å². The van der Waals surface area contributed by atoms with E-state index in [2.05, 4.69) is 15.3 Å². The largest absolute Gasteiger partial charge is 0.465 e. The molecule has 1 aliphatic rings. The van der Waals surface area contributed by atoms with Gasteiger partial charge in [-0.1, -0.05) is 12.1 Å². The number of carbonyl (C=O) groups excluding carboxylic acids is 2. The van der Waals surface area contributed by atoms with Crippen LogP contribution in [0.15, 0.2) is 24.3 Å². The molecule has 0 aliphatic heterocycles. The summed E-state index contributed by atoms with van der Waals surface area (Å²) in [5.74, 6) is 0.204. The van der Waals surface area contributed by atoms with Crippen molar-refractivity contribution in [2.75, 3.05) is 12.4 Å². The van der Waals surface area contributed by atoms with Crippen LogP contribution in [0.1, 0.15) is 34.0 Å². The Hall–Kier alpha value is -2.63. The minimum absolute atomic E-state index is 0.0840. The Morgan fingerprint density at radius 3 is 2.91 bits per heavy atom. The fraction of sp³-hybridized carbons (Fsp3) is 0.353. The second-order valence-corrected chi connectivity index (χ2v) is 5.71. The van der Waals surface area contributed by atoms with Crippen molar-refractivity contribution in [3.8, 4) is 0 Å². The molecule has 1 aromatic heterocycles. The number of H-pyrrole nitrogens is 1. The van der Waals surface area contributed by atoms with Crippen LogP contribution in [0.5, 0.6) is 0 Å². The van der Waals surface area contributed by atoms with Crippen LogP contribution in [0, 0.1) is 12.8 Å². The maximum atomic E-state index is 12.5. The third-order valence-corrected chi connectivity index (χ3v) is 4.12. The lowest BCUT2D eigenvalue weighted by molar-refractivity contribution is -0.120. The van der Waals surface area contributed by atoms with E-state index in [1.807, 2.05) is 6.92 Å². The zero-order chi connectivity index (χ0) is 16.4. The summed E-state index contributed by atoms with van der Waals surface area (Å²) in [7, 11) is 1.32. The standard InChI is InChI=1S/C17H19N3O3/c1-10-18-14-8-7-11(9-15(14)19-10)16(21)20-13-6-4-3-5-12(13)17(22)23-2/h3-6,11H,7-9H2,1-2H3,(H,18,19)(H,20,21). The number of hydrogen-bond donors (Lipinski definition) is 2. The highest BCUT2D eigenvalue weighted by Gasteiger charge is 2.27. The number of rotatable bonds is 3. The number of carbonyl (C=O) groups is 2. The van der Waals surface area contributed by atoms with Crippen LogP contribution < -0.4 is 5.32 Å². The number of hydrogen-bond acceptors (Lipinski definition) is 4. The van der Waals surface area contributed by atoms with Crippen molar-refractivity contribution in [3.05, 3.63) is 47.0 Å². The number of ether oxygens (including phenoxy) is 1. The summed E-state index contributed by atoms with van der Waals surface area (Å²) >= 11 is 0. The van der Waals surface area contributed by atoms with Gasteiger partial charge in [0.2, 0.25) is 5.91 Å². The summed E-state index contributed by atoms with van der Waals surface area (Å²) in [5, 5.41) is 2.86. The molecule has 0 fully saturated rings. The van der Waals surface area contributed by atoms with E-state index >= 15 is 0 Å². The molecule has 23 heavy (non-hydrogen) atoms. The molecular formula is C17H19N3O3. The highest BCUT2D eigenvalue weighted by atomic mass is 16.5. The van der Waals surface area contributed by atoms with E-state index < -0.39 is 5.97 Å². The van der Waals surface area contributed by atoms with Gasteiger partial charge in [-0.15, -0.1) is 0 Å². The van der Waals surface area contributed by atoms with Gasteiger partial charge in [0, 0.05) is 18.0 Å². The van der Waals surface area contributed by atoms with Crippen LogP contribution >= 0.6 is 0 Å². The molecule has 120 valence electrons. The summed E-state index contributed by atoms with van der Waals surface area (Å²) < 4.78 is 4.75. The van der Waals surface area contributed by atoms with E-state index in [-0.39, 0.29) is 11.8 Å². The number of anilines is 1. The Labute approximate surface area is 134 Å². The van der Waals surface area contributed by atoms with Crippen molar-refractivity contribution in [1.82, 2.24) is 9.97 Å². The number of nitrogens with zero attached hydrogens (tertiary/aromatic N) is 1. The summed E-state index contributed by atoms with van der Waals surface area (Å²) in [6, 6.07) is 6.86. The fourth-order valence-electron chi connectivity index (χ4n) is 2.96. The minimum Gasteiger partial charge on any atom is -0.465 e. The number of imidazole rings is 1. The van der Waals surface area contributed by atoms with Crippen molar-refractivity contribution in [2.24, 2.45) is 5.92 Å². The second kappa shape index (κ2) is 6.24. The molecule has 0 saturated heterocycles. The molecule has 6 nitrogen and oxygen atoms in total. The van der Waals surface area contributed by atoms with Crippen molar-refractivity contribution in [1.29, 1.82) is 0 Å². The molecule has 1 unspecified atom stereocenters. The van der Waals surface area contributed by atoms with E-state index in [0.29, 0.717) is 17.7 Å². The molecule has 1 aromatic carbocycles. The first kappa shape index (κ1) is 15.3. The molecule has 6 heteroatoms. The molecule has 1 heterocycles. The number of fused-ring (bicyclic) bond motifs is 1. The Kier molecular flexibility index (Phi) is 4.14. The van der Waals surface area contributed by atoms with Crippen molar-refractivity contribution in [3.63, 3.8) is 0 Å².